The Hall–Kier alpha value is -7.29. The minimum atomic E-state index is -0.119. The van der Waals surface area contributed by atoms with Crippen molar-refractivity contribution in [3.63, 3.8) is 0 Å². The smallest absolute Gasteiger partial charge is 0.0677 e. The van der Waals surface area contributed by atoms with Crippen LogP contribution in [0.2, 0.25) is 0 Å². The van der Waals surface area contributed by atoms with Gasteiger partial charge in [0.25, 0.3) is 0 Å². The van der Waals surface area contributed by atoms with Crippen LogP contribution in [-0.4, -0.2) is 5.71 Å². The quantitative estimate of drug-likeness (QED) is 0.160. The summed E-state index contributed by atoms with van der Waals surface area (Å²) in [6.45, 7) is 9.90. The van der Waals surface area contributed by atoms with Gasteiger partial charge in [-0.15, -0.1) is 0 Å². The van der Waals surface area contributed by atoms with Gasteiger partial charge >= 0.3 is 0 Å². The van der Waals surface area contributed by atoms with Gasteiger partial charge in [-0.1, -0.05) is 198 Å². The van der Waals surface area contributed by atoms with Crippen LogP contribution in [0.3, 0.4) is 0 Å². The molecule has 0 saturated heterocycles. The summed E-state index contributed by atoms with van der Waals surface area (Å²) in [4.78, 5) is 5.32. The summed E-state index contributed by atoms with van der Waals surface area (Å²) in [5.74, 6) is 0. The number of hydrogen-bond donors (Lipinski definition) is 1. The first-order chi connectivity index (χ1) is 30.2. The van der Waals surface area contributed by atoms with Crippen LogP contribution in [0.5, 0.6) is 0 Å². The Kier molecular flexibility index (Phi) is 8.77. The van der Waals surface area contributed by atoms with Gasteiger partial charge in [-0.2, -0.15) is 0 Å². The standard InChI is InChI=1S/C60H48N2/c1-59(2)52-23-13-12-21-48(52)58-49(22-14-24-54(58)59)57(62-37-38-15-6-5-7-16-38)36-56(61)47-31-30-44(45-19-10-11-20-46(45)47)40-27-25-39(26-28-40)43-29-32-53-50(34-43)51-33-41-17-8-9-18-42(41)35-55(51)60(53,3)4/h5-36H,37,61H2,1-4H3/b56-36-,62-57?. The van der Waals surface area contributed by atoms with Gasteiger partial charge in [-0.25, -0.2) is 0 Å². The predicted octanol–water partition coefficient (Wildman–Crippen LogP) is 14.9. The zero-order chi connectivity index (χ0) is 42.2. The molecule has 11 rings (SSSR count). The molecule has 2 heteroatoms. The largest absolute Gasteiger partial charge is 0.398 e. The van der Waals surface area contributed by atoms with E-state index in [4.69, 9.17) is 10.7 Å². The maximum atomic E-state index is 7.23. The molecule has 0 unspecified atom stereocenters. The van der Waals surface area contributed by atoms with E-state index in [9.17, 15) is 0 Å². The number of nitrogens with two attached hydrogens (primary N) is 1. The molecule has 0 saturated carbocycles. The van der Waals surface area contributed by atoms with E-state index in [0.29, 0.717) is 12.2 Å². The molecular weight excluding hydrogens is 749 g/mol. The predicted molar refractivity (Wildman–Crippen MR) is 263 cm³/mol. The third-order valence-corrected chi connectivity index (χ3v) is 13.8. The molecule has 2 aliphatic rings. The fourth-order valence-electron chi connectivity index (χ4n) is 10.4. The van der Waals surface area contributed by atoms with Gasteiger partial charge < -0.3 is 5.73 Å². The third kappa shape index (κ3) is 6.04. The molecule has 62 heavy (non-hydrogen) atoms. The van der Waals surface area contributed by atoms with Crippen LogP contribution in [0.4, 0.5) is 0 Å². The van der Waals surface area contributed by atoms with Gasteiger partial charge in [0.05, 0.1) is 12.3 Å². The Balaban J connectivity index is 0.961. The maximum Gasteiger partial charge on any atom is 0.0677 e. The van der Waals surface area contributed by atoms with Gasteiger partial charge in [-0.3, -0.25) is 4.99 Å². The Labute approximate surface area is 364 Å². The first-order valence-electron chi connectivity index (χ1n) is 21.8. The highest BCUT2D eigenvalue weighted by atomic mass is 14.7. The van der Waals surface area contributed by atoms with Crippen molar-refractivity contribution in [2.75, 3.05) is 0 Å². The molecule has 0 bridgehead atoms. The molecule has 2 aliphatic carbocycles. The Morgan fingerprint density at radius 1 is 0.452 bits per heavy atom. The van der Waals surface area contributed by atoms with Gasteiger partial charge in [0.1, 0.15) is 0 Å². The molecule has 0 spiro atoms. The highest BCUT2D eigenvalue weighted by Crippen LogP contribution is 2.52. The second-order valence-electron chi connectivity index (χ2n) is 18.1. The average molecular weight is 797 g/mol. The fraction of sp³-hybridized carbons (Fsp3) is 0.117. The zero-order valence-corrected chi connectivity index (χ0v) is 35.7. The number of hydrogen-bond acceptors (Lipinski definition) is 2. The summed E-state index contributed by atoms with van der Waals surface area (Å²) in [5.41, 5.74) is 27.3. The topological polar surface area (TPSA) is 38.4 Å². The van der Waals surface area contributed by atoms with Crippen molar-refractivity contribution in [1.82, 2.24) is 0 Å². The minimum absolute atomic E-state index is 0.0512. The molecule has 298 valence electrons. The van der Waals surface area contributed by atoms with Crippen molar-refractivity contribution in [2.45, 2.75) is 45.1 Å². The van der Waals surface area contributed by atoms with Crippen LogP contribution in [0.15, 0.2) is 199 Å². The van der Waals surface area contributed by atoms with Crippen LogP contribution < -0.4 is 5.73 Å². The second-order valence-corrected chi connectivity index (χ2v) is 18.1. The average Bonchev–Trinajstić information content (AvgIpc) is 3.68. The molecule has 0 radical (unpaired) electrons. The van der Waals surface area contributed by atoms with Crippen molar-refractivity contribution < 1.29 is 0 Å². The van der Waals surface area contributed by atoms with Gasteiger partial charge in [0.15, 0.2) is 0 Å². The number of rotatable bonds is 7. The van der Waals surface area contributed by atoms with Crippen LogP contribution >= 0.6 is 0 Å². The number of nitrogens with zero attached hydrogens (tertiary/aromatic N) is 1. The lowest BCUT2D eigenvalue weighted by Crippen LogP contribution is -2.15. The molecule has 9 aromatic rings. The minimum Gasteiger partial charge on any atom is -0.398 e. The van der Waals surface area contributed by atoms with Crippen molar-refractivity contribution >= 4 is 33.0 Å². The van der Waals surface area contributed by atoms with E-state index in [0.717, 1.165) is 33.2 Å². The normalized spacial score (nSPS) is 14.7. The zero-order valence-electron chi connectivity index (χ0n) is 35.7. The number of fused-ring (bicyclic) bond motifs is 8. The molecule has 0 amide bonds. The van der Waals surface area contributed by atoms with Crippen LogP contribution in [-0.2, 0) is 17.4 Å². The first kappa shape index (κ1) is 37.7. The molecule has 9 aromatic carbocycles. The van der Waals surface area contributed by atoms with Gasteiger partial charge in [0, 0.05) is 27.7 Å². The Morgan fingerprint density at radius 2 is 1.06 bits per heavy atom. The van der Waals surface area contributed by atoms with E-state index in [1.807, 2.05) is 6.07 Å². The molecule has 2 N–H and O–H groups in total. The SMILES string of the molecule is CC1(C)c2ccc(-c3ccc(-c4ccc(/C(N)=C/C(=NCc5ccccc5)c5cccc6c5-c5ccccc5C6(C)C)c5ccccc45)cc3)cc2-c2cc3ccccc3cc21. The highest BCUT2D eigenvalue weighted by Gasteiger charge is 2.37. The van der Waals surface area contributed by atoms with E-state index < -0.39 is 0 Å². The van der Waals surface area contributed by atoms with Crippen LogP contribution in [0, 0.1) is 0 Å². The Morgan fingerprint density at radius 3 is 1.87 bits per heavy atom. The first-order valence-corrected chi connectivity index (χ1v) is 21.8. The summed E-state index contributed by atoms with van der Waals surface area (Å²) >= 11 is 0. The number of allylic oxidation sites excluding steroid dienone is 1. The summed E-state index contributed by atoms with van der Waals surface area (Å²) in [6, 6.07) is 68.5. The van der Waals surface area contributed by atoms with Crippen molar-refractivity contribution in [3.8, 4) is 44.5 Å². The Bertz CT molecular complexity index is 3310. The van der Waals surface area contributed by atoms with Gasteiger partial charge in [0.2, 0.25) is 0 Å². The third-order valence-electron chi connectivity index (χ3n) is 13.8. The van der Waals surface area contributed by atoms with Crippen LogP contribution in [0.25, 0.3) is 71.7 Å². The van der Waals surface area contributed by atoms with E-state index in [1.165, 1.54) is 77.5 Å². The van der Waals surface area contributed by atoms with Gasteiger partial charge in [-0.05, 0) is 118 Å². The molecule has 2 nitrogen and oxygen atoms in total. The summed E-state index contributed by atoms with van der Waals surface area (Å²) in [7, 11) is 0. The van der Waals surface area contributed by atoms with E-state index in [-0.39, 0.29) is 10.8 Å². The van der Waals surface area contributed by atoms with Crippen LogP contribution in [0.1, 0.15) is 66.6 Å². The lowest BCUT2D eigenvalue weighted by atomic mass is 9.81. The van der Waals surface area contributed by atoms with Crippen molar-refractivity contribution in [2.24, 2.45) is 10.7 Å². The number of benzene rings is 9. The second kappa shape index (κ2) is 14.4. The molecule has 0 aliphatic heterocycles. The molecule has 0 heterocycles. The fourth-order valence-corrected chi connectivity index (χ4v) is 10.4. The monoisotopic (exact) mass is 796 g/mol. The summed E-state index contributed by atoms with van der Waals surface area (Å²) < 4.78 is 0. The van der Waals surface area contributed by atoms with E-state index in [1.54, 1.807) is 0 Å². The van der Waals surface area contributed by atoms with Crippen molar-refractivity contribution in [3.05, 3.63) is 233 Å². The van der Waals surface area contributed by atoms with E-state index >= 15 is 0 Å². The number of aliphatic imine (C=N–C) groups is 1. The van der Waals surface area contributed by atoms with Crippen molar-refractivity contribution in [1.29, 1.82) is 0 Å². The molecule has 0 atom stereocenters. The van der Waals surface area contributed by atoms with E-state index in [2.05, 4.69) is 216 Å². The lowest BCUT2D eigenvalue weighted by molar-refractivity contribution is 0.660. The molecule has 0 aromatic heterocycles. The maximum absolute atomic E-state index is 7.23. The summed E-state index contributed by atoms with van der Waals surface area (Å²) in [6.07, 6.45) is 2.10. The highest BCUT2D eigenvalue weighted by molar-refractivity contribution is 6.17. The lowest BCUT2D eigenvalue weighted by Gasteiger charge is -2.22. The molecule has 0 fully saturated rings. The summed E-state index contributed by atoms with van der Waals surface area (Å²) in [5, 5.41) is 4.86. The molecular formula is C60H48N2.